The molecule has 0 spiro atoms. The third-order valence-electron chi connectivity index (χ3n) is 3.88. The predicted molar refractivity (Wildman–Crippen MR) is 91.4 cm³/mol. The molecule has 136 valence electrons. The van der Waals surface area contributed by atoms with E-state index in [1.807, 2.05) is 27.7 Å². The lowest BCUT2D eigenvalue weighted by atomic mass is 9.68. The maximum Gasteiger partial charge on any atom is 0.503 e. The van der Waals surface area contributed by atoms with E-state index in [1.165, 1.54) is 0 Å². The quantitative estimate of drug-likeness (QED) is 0.291. The lowest BCUT2D eigenvalue weighted by Gasteiger charge is -2.36. The van der Waals surface area contributed by atoms with Crippen molar-refractivity contribution in [3.63, 3.8) is 0 Å². The predicted octanol–water partition coefficient (Wildman–Crippen LogP) is 4.01. The maximum absolute atomic E-state index is 12.3. The Balaban J connectivity index is 0.00000118. The first-order valence-corrected chi connectivity index (χ1v) is 7.76. The van der Waals surface area contributed by atoms with Crippen molar-refractivity contribution in [3.05, 3.63) is 24.0 Å². The van der Waals surface area contributed by atoms with Gasteiger partial charge in [0.25, 0.3) is 0 Å². The van der Waals surface area contributed by atoms with Gasteiger partial charge in [-0.2, -0.15) is 0 Å². The van der Waals surface area contributed by atoms with Gasteiger partial charge in [-0.05, 0) is 11.8 Å². The van der Waals surface area contributed by atoms with Crippen molar-refractivity contribution in [1.82, 2.24) is 0 Å². The van der Waals surface area contributed by atoms with E-state index in [0.717, 1.165) is 6.42 Å². The molecule has 0 aromatic heterocycles. The highest BCUT2D eigenvalue weighted by atomic mass is 16.6. The molecule has 0 saturated heterocycles. The van der Waals surface area contributed by atoms with Crippen LogP contribution < -0.4 is 0 Å². The summed E-state index contributed by atoms with van der Waals surface area (Å²) in [5.74, 6) is 0.0114. The van der Waals surface area contributed by atoms with Gasteiger partial charge in [0.05, 0.1) is 11.3 Å². The molecule has 0 saturated carbocycles. The van der Waals surface area contributed by atoms with Crippen LogP contribution in [0.2, 0.25) is 0 Å². The molecule has 0 fully saturated rings. The van der Waals surface area contributed by atoms with Crippen LogP contribution in [-0.2, 0) is 9.63 Å². The minimum Gasteiger partial charge on any atom is -0.511 e. The first kappa shape index (κ1) is 21.7. The Bertz CT molecular complexity index is 529. The zero-order valence-electron chi connectivity index (χ0n) is 14.7. The first-order chi connectivity index (χ1) is 11.1. The normalized spacial score (nSPS) is 20.1. The second-order valence-electron chi connectivity index (χ2n) is 6.23. The van der Waals surface area contributed by atoms with Gasteiger partial charge in [-0.15, -0.1) is 0 Å². The smallest absolute Gasteiger partial charge is 0.503 e. The van der Waals surface area contributed by atoms with Gasteiger partial charge in [-0.3, -0.25) is 4.79 Å². The third kappa shape index (κ3) is 6.44. The number of ketones is 1. The van der Waals surface area contributed by atoms with E-state index in [1.54, 1.807) is 6.08 Å². The summed E-state index contributed by atoms with van der Waals surface area (Å²) >= 11 is 0. The number of aliphatic hydroxyl groups is 1. The second-order valence-corrected chi connectivity index (χ2v) is 6.23. The van der Waals surface area contributed by atoms with E-state index < -0.39 is 6.16 Å². The molecule has 0 radical (unpaired) electrons. The van der Waals surface area contributed by atoms with Crippen molar-refractivity contribution in [2.75, 3.05) is 6.61 Å². The number of nitrogens with zero attached hydrogens (tertiary/aromatic N) is 1. The second kappa shape index (κ2) is 9.75. The van der Waals surface area contributed by atoms with Crippen molar-refractivity contribution in [3.8, 4) is 0 Å². The van der Waals surface area contributed by atoms with Gasteiger partial charge in [0, 0.05) is 12.3 Å². The molecule has 0 bridgehead atoms. The third-order valence-corrected chi connectivity index (χ3v) is 3.88. The summed E-state index contributed by atoms with van der Waals surface area (Å²) < 4.78 is 0. The van der Waals surface area contributed by atoms with E-state index >= 15 is 0 Å². The number of aliphatic hydroxyl groups excluding tert-OH is 1. The van der Waals surface area contributed by atoms with Crippen molar-refractivity contribution in [1.29, 1.82) is 0 Å². The largest absolute Gasteiger partial charge is 0.511 e. The Hall–Kier alpha value is -2.31. The van der Waals surface area contributed by atoms with Crippen LogP contribution in [0.15, 0.2) is 29.1 Å². The van der Waals surface area contributed by atoms with Gasteiger partial charge in [0.15, 0.2) is 5.78 Å². The number of carbonyl (C=O) groups excluding carboxylic acids is 1. The molecular formula is C17H27NO6. The molecule has 7 nitrogen and oxygen atoms in total. The van der Waals surface area contributed by atoms with Crippen LogP contribution in [0.4, 0.5) is 4.79 Å². The molecule has 0 amide bonds. The molecule has 0 aliphatic heterocycles. The number of oxime groups is 1. The van der Waals surface area contributed by atoms with E-state index in [-0.39, 0.29) is 29.5 Å². The van der Waals surface area contributed by atoms with Crippen LogP contribution in [0.3, 0.4) is 0 Å². The summed E-state index contributed by atoms with van der Waals surface area (Å²) in [5, 5.41) is 28.4. The molecule has 1 rings (SSSR count). The molecule has 0 heterocycles. The molecule has 3 N–H and O–H groups in total. The molecule has 0 aromatic carbocycles. The van der Waals surface area contributed by atoms with Crippen LogP contribution >= 0.6 is 0 Å². The summed E-state index contributed by atoms with van der Waals surface area (Å²) in [5.41, 5.74) is 0.659. The summed E-state index contributed by atoms with van der Waals surface area (Å²) in [6, 6.07) is 0. The molecule has 1 aliphatic rings. The minimum atomic E-state index is -1.83. The average Bonchev–Trinajstić information content (AvgIpc) is 2.44. The molecule has 1 atom stereocenters. The summed E-state index contributed by atoms with van der Waals surface area (Å²) in [7, 11) is 0. The summed E-state index contributed by atoms with van der Waals surface area (Å²) in [6.45, 7) is 11.8. The number of hydrogen-bond donors (Lipinski definition) is 3. The zero-order chi connectivity index (χ0) is 18.9. The fourth-order valence-electron chi connectivity index (χ4n) is 2.31. The van der Waals surface area contributed by atoms with Crippen LogP contribution in [0.25, 0.3) is 0 Å². The zero-order valence-corrected chi connectivity index (χ0v) is 14.7. The average molecular weight is 341 g/mol. The Labute approximate surface area is 142 Å². The minimum absolute atomic E-state index is 0.0556. The van der Waals surface area contributed by atoms with Crippen LogP contribution in [0.5, 0.6) is 0 Å². The van der Waals surface area contributed by atoms with E-state index in [9.17, 15) is 9.90 Å². The number of carboxylic acid groups (broad SMARTS) is 2. The van der Waals surface area contributed by atoms with Crippen LogP contribution in [0.1, 0.15) is 47.0 Å². The number of rotatable bonds is 6. The number of allylic oxidation sites excluding steroid dienone is 2. The van der Waals surface area contributed by atoms with Crippen molar-refractivity contribution in [2.45, 2.75) is 47.0 Å². The van der Waals surface area contributed by atoms with E-state index in [4.69, 9.17) is 19.8 Å². The SMILES string of the molecule is C=CCON=C(CCC)C1=C(O)C(C)C(C)(C)CC1=O.O=C(O)O. The van der Waals surface area contributed by atoms with Crippen LogP contribution in [0, 0.1) is 11.3 Å². The molecular weight excluding hydrogens is 314 g/mol. The highest BCUT2D eigenvalue weighted by Crippen LogP contribution is 2.41. The fourth-order valence-corrected chi connectivity index (χ4v) is 2.31. The topological polar surface area (TPSA) is 116 Å². The van der Waals surface area contributed by atoms with Crippen LogP contribution in [-0.4, -0.2) is 39.6 Å². The Morgan fingerprint density at radius 1 is 1.46 bits per heavy atom. The van der Waals surface area contributed by atoms with Gasteiger partial charge in [0.1, 0.15) is 12.4 Å². The number of hydrogen-bond acceptors (Lipinski definition) is 5. The fraction of sp³-hybridized carbons (Fsp3) is 0.588. The summed E-state index contributed by atoms with van der Waals surface area (Å²) in [4.78, 5) is 26.0. The molecule has 1 aliphatic carbocycles. The number of Topliss-reactive ketones (excluding diaryl/α,β-unsaturated/α-hetero) is 1. The molecule has 1 unspecified atom stereocenters. The van der Waals surface area contributed by atoms with Crippen molar-refractivity contribution in [2.24, 2.45) is 16.5 Å². The highest BCUT2D eigenvalue weighted by molar-refractivity contribution is 6.23. The first-order valence-electron chi connectivity index (χ1n) is 7.76. The Morgan fingerprint density at radius 3 is 2.46 bits per heavy atom. The lowest BCUT2D eigenvalue weighted by molar-refractivity contribution is -0.118. The number of carbonyl (C=O) groups is 2. The Morgan fingerprint density at radius 2 is 2.00 bits per heavy atom. The summed E-state index contributed by atoms with van der Waals surface area (Å²) in [6.07, 6.45) is 1.61. The standard InChI is InChI=1S/C16H25NO3.CH2O3/c1-6-8-12(17-20-9-7-2)14-13(18)10-16(4,5)11(3)15(14)19;2-1(3)4/h7,11,19H,2,6,8-10H2,1,3-5H3;(H2,2,3,4). The maximum atomic E-state index is 12.3. The van der Waals surface area contributed by atoms with Gasteiger partial charge in [-0.25, -0.2) is 4.79 Å². The van der Waals surface area contributed by atoms with Gasteiger partial charge in [0.2, 0.25) is 0 Å². The van der Waals surface area contributed by atoms with Gasteiger partial charge < -0.3 is 20.2 Å². The van der Waals surface area contributed by atoms with Crippen molar-refractivity contribution < 1.29 is 29.7 Å². The van der Waals surface area contributed by atoms with Crippen molar-refractivity contribution >= 4 is 17.7 Å². The van der Waals surface area contributed by atoms with Gasteiger partial charge >= 0.3 is 6.16 Å². The highest BCUT2D eigenvalue weighted by Gasteiger charge is 2.40. The Kier molecular flexibility index (Phi) is 8.81. The van der Waals surface area contributed by atoms with E-state index in [0.29, 0.717) is 24.1 Å². The van der Waals surface area contributed by atoms with E-state index in [2.05, 4.69) is 11.7 Å². The molecule has 0 aromatic rings. The monoisotopic (exact) mass is 341 g/mol. The molecule has 24 heavy (non-hydrogen) atoms. The lowest BCUT2D eigenvalue weighted by Crippen LogP contribution is -2.35. The molecule has 7 heteroatoms. The van der Waals surface area contributed by atoms with Gasteiger partial charge in [-0.1, -0.05) is 51.9 Å².